The molecule has 0 amide bonds. The van der Waals surface area contributed by atoms with Crippen molar-refractivity contribution in [2.75, 3.05) is 13.7 Å². The quantitative estimate of drug-likeness (QED) is 0.181. The van der Waals surface area contributed by atoms with Crippen LogP contribution in [0.2, 0.25) is 0 Å². The van der Waals surface area contributed by atoms with Crippen molar-refractivity contribution in [1.82, 2.24) is 0 Å². The summed E-state index contributed by atoms with van der Waals surface area (Å²) < 4.78 is 88.9. The Labute approximate surface area is 213 Å². The van der Waals surface area contributed by atoms with Crippen molar-refractivity contribution in [2.24, 2.45) is 5.92 Å². The highest BCUT2D eigenvalue weighted by Crippen LogP contribution is 2.34. The van der Waals surface area contributed by atoms with Gasteiger partial charge in [-0.05, 0) is 48.4 Å². The second-order valence-corrected chi connectivity index (χ2v) is 9.04. The number of halogens is 6. The fraction of sp³-hybridized carbons (Fsp3) is 0.333. The molecule has 3 aromatic carbocycles. The van der Waals surface area contributed by atoms with Gasteiger partial charge in [0.2, 0.25) is 0 Å². The molecule has 0 fully saturated rings. The Kier molecular flexibility index (Phi) is 9.98. The molecule has 0 radical (unpaired) electrons. The molecule has 0 saturated carbocycles. The van der Waals surface area contributed by atoms with E-state index in [1.807, 2.05) is 6.07 Å². The lowest BCUT2D eigenvalue weighted by Gasteiger charge is -2.20. The molecule has 0 bridgehead atoms. The summed E-state index contributed by atoms with van der Waals surface area (Å²) in [5, 5.41) is 0. The van der Waals surface area contributed by atoms with Crippen molar-refractivity contribution in [2.45, 2.75) is 45.2 Å². The predicted molar refractivity (Wildman–Crippen MR) is 136 cm³/mol. The summed E-state index contributed by atoms with van der Waals surface area (Å²) in [6.07, 6.45) is -2.08. The molecule has 0 aliphatic carbocycles. The molecule has 3 rings (SSSR count). The first-order valence-corrected chi connectivity index (χ1v) is 12.2. The number of rotatable bonds is 11. The number of aryl methyl sites for hydroxylation is 1. The molecular formula is C30H30F6O. The number of unbranched alkanes of at least 4 members (excludes halogenated alkanes) is 1. The third-order valence-corrected chi connectivity index (χ3v) is 6.32. The SMILES string of the molecule is CCCCc1ccc(-c2ccc(/C(F)=C(/F)c3ccc(CC(CCOC)C(F)(F)F)cc3)cc2)c(F)c1. The second kappa shape index (κ2) is 13.0. The molecule has 1 nitrogen and oxygen atoms in total. The van der Waals surface area contributed by atoms with E-state index in [0.717, 1.165) is 24.8 Å². The minimum atomic E-state index is -4.39. The maximum absolute atomic E-state index is 14.9. The van der Waals surface area contributed by atoms with Gasteiger partial charge in [-0.3, -0.25) is 0 Å². The molecule has 0 saturated heterocycles. The van der Waals surface area contributed by atoms with Gasteiger partial charge in [0.25, 0.3) is 0 Å². The van der Waals surface area contributed by atoms with E-state index in [0.29, 0.717) is 16.7 Å². The fourth-order valence-electron chi connectivity index (χ4n) is 4.09. The lowest BCUT2D eigenvalue weighted by atomic mass is 9.95. The first kappa shape index (κ1) is 28.5. The van der Waals surface area contributed by atoms with Crippen LogP contribution >= 0.6 is 0 Å². The Bertz CT molecular complexity index is 1180. The minimum Gasteiger partial charge on any atom is -0.385 e. The zero-order chi connectivity index (χ0) is 27.0. The molecule has 0 spiro atoms. The summed E-state index contributed by atoms with van der Waals surface area (Å²) in [6, 6.07) is 16.1. The largest absolute Gasteiger partial charge is 0.392 e. The normalized spacial score (nSPS) is 13.4. The zero-order valence-corrected chi connectivity index (χ0v) is 20.8. The van der Waals surface area contributed by atoms with Crippen LogP contribution in [0.25, 0.3) is 22.8 Å². The number of hydrogen-bond donors (Lipinski definition) is 0. The molecule has 198 valence electrons. The van der Waals surface area contributed by atoms with Crippen LogP contribution in [0.4, 0.5) is 26.3 Å². The minimum absolute atomic E-state index is 0.0259. The highest BCUT2D eigenvalue weighted by atomic mass is 19.4. The molecule has 0 aromatic heterocycles. The van der Waals surface area contributed by atoms with Gasteiger partial charge in [0.1, 0.15) is 5.82 Å². The van der Waals surface area contributed by atoms with Crippen LogP contribution in [0.3, 0.4) is 0 Å². The summed E-state index contributed by atoms with van der Waals surface area (Å²) in [6.45, 7) is 2.04. The highest BCUT2D eigenvalue weighted by Gasteiger charge is 2.38. The molecule has 0 aliphatic rings. The van der Waals surface area contributed by atoms with Crippen molar-refractivity contribution in [3.05, 3.63) is 94.8 Å². The fourth-order valence-corrected chi connectivity index (χ4v) is 4.09. The van der Waals surface area contributed by atoms with E-state index in [-0.39, 0.29) is 36.4 Å². The highest BCUT2D eigenvalue weighted by molar-refractivity contribution is 5.83. The van der Waals surface area contributed by atoms with Crippen LogP contribution in [0.1, 0.15) is 48.4 Å². The Balaban J connectivity index is 1.75. The van der Waals surface area contributed by atoms with Gasteiger partial charge in [-0.2, -0.15) is 13.2 Å². The number of methoxy groups -OCH3 is 1. The predicted octanol–water partition coefficient (Wildman–Crippen LogP) is 9.36. The van der Waals surface area contributed by atoms with Crippen LogP contribution in [0.5, 0.6) is 0 Å². The van der Waals surface area contributed by atoms with Crippen LogP contribution < -0.4 is 0 Å². The summed E-state index contributed by atoms with van der Waals surface area (Å²) in [7, 11) is 1.34. The van der Waals surface area contributed by atoms with Gasteiger partial charge in [-0.25, -0.2) is 13.2 Å². The first-order valence-electron chi connectivity index (χ1n) is 12.2. The lowest BCUT2D eigenvalue weighted by molar-refractivity contribution is -0.178. The van der Waals surface area contributed by atoms with E-state index in [4.69, 9.17) is 4.74 Å². The molecule has 37 heavy (non-hydrogen) atoms. The average molecular weight is 521 g/mol. The molecule has 0 aliphatic heterocycles. The van der Waals surface area contributed by atoms with Gasteiger partial charge in [-0.15, -0.1) is 0 Å². The van der Waals surface area contributed by atoms with Crippen molar-refractivity contribution < 1.29 is 31.1 Å². The molecular weight excluding hydrogens is 490 g/mol. The van der Waals surface area contributed by atoms with Gasteiger partial charge >= 0.3 is 6.18 Å². The molecule has 7 heteroatoms. The summed E-state index contributed by atoms with van der Waals surface area (Å²) >= 11 is 0. The third kappa shape index (κ3) is 7.71. The van der Waals surface area contributed by atoms with Crippen LogP contribution in [0.15, 0.2) is 66.7 Å². The van der Waals surface area contributed by atoms with Gasteiger partial charge in [0, 0.05) is 30.4 Å². The van der Waals surface area contributed by atoms with Gasteiger partial charge in [0.05, 0.1) is 5.92 Å². The number of hydrogen-bond acceptors (Lipinski definition) is 1. The van der Waals surface area contributed by atoms with Crippen LogP contribution in [-0.2, 0) is 17.6 Å². The van der Waals surface area contributed by atoms with Gasteiger partial charge in [-0.1, -0.05) is 74.0 Å². The smallest absolute Gasteiger partial charge is 0.385 e. The summed E-state index contributed by atoms with van der Waals surface area (Å²) in [5.41, 5.74) is 2.07. The van der Waals surface area contributed by atoms with E-state index in [2.05, 4.69) is 6.92 Å². The maximum Gasteiger partial charge on any atom is 0.392 e. The summed E-state index contributed by atoms with van der Waals surface area (Å²) in [5.74, 6) is -4.20. The molecule has 1 unspecified atom stereocenters. The van der Waals surface area contributed by atoms with E-state index in [9.17, 15) is 26.3 Å². The van der Waals surface area contributed by atoms with Crippen LogP contribution in [0, 0.1) is 11.7 Å². The van der Waals surface area contributed by atoms with E-state index in [1.165, 1.54) is 61.7 Å². The Morgan fingerprint density at radius 3 is 1.92 bits per heavy atom. The lowest BCUT2D eigenvalue weighted by Crippen LogP contribution is -2.26. The Morgan fingerprint density at radius 1 is 0.838 bits per heavy atom. The number of benzene rings is 3. The average Bonchev–Trinajstić information content (AvgIpc) is 2.89. The van der Waals surface area contributed by atoms with Gasteiger partial charge < -0.3 is 4.74 Å². The standard InChI is InChI=1S/C30H30F6O/c1-3-4-5-20-8-15-26(27(31)19-20)22-11-13-24(14-12-22)29(33)28(32)23-9-6-21(7-10-23)18-25(16-17-37-2)30(34,35)36/h6-15,19,25H,3-5,16-18H2,1-2H3/b29-28-. The van der Waals surface area contributed by atoms with Crippen molar-refractivity contribution in [3.8, 4) is 11.1 Å². The maximum atomic E-state index is 14.9. The zero-order valence-electron chi connectivity index (χ0n) is 20.8. The number of alkyl halides is 3. The van der Waals surface area contributed by atoms with Crippen molar-refractivity contribution in [3.63, 3.8) is 0 Å². The molecule has 1 atom stereocenters. The van der Waals surface area contributed by atoms with Crippen molar-refractivity contribution in [1.29, 1.82) is 0 Å². The van der Waals surface area contributed by atoms with E-state index in [1.54, 1.807) is 6.07 Å². The van der Waals surface area contributed by atoms with Crippen molar-refractivity contribution >= 4 is 11.7 Å². The number of ether oxygens (including phenoxy) is 1. The third-order valence-electron chi connectivity index (χ3n) is 6.32. The van der Waals surface area contributed by atoms with E-state index >= 15 is 0 Å². The molecule has 3 aromatic rings. The van der Waals surface area contributed by atoms with Gasteiger partial charge in [0.15, 0.2) is 11.7 Å². The summed E-state index contributed by atoms with van der Waals surface area (Å²) in [4.78, 5) is 0. The Hall–Kier alpha value is -3.06. The Morgan fingerprint density at radius 2 is 1.41 bits per heavy atom. The monoisotopic (exact) mass is 520 g/mol. The van der Waals surface area contributed by atoms with E-state index < -0.39 is 23.7 Å². The molecule has 0 heterocycles. The first-order chi connectivity index (χ1) is 17.6. The van der Waals surface area contributed by atoms with Crippen LogP contribution in [-0.4, -0.2) is 19.9 Å². The second-order valence-electron chi connectivity index (χ2n) is 9.04. The topological polar surface area (TPSA) is 9.23 Å². The molecule has 0 N–H and O–H groups in total.